The molecule has 8 heteroatoms. The molecule has 0 saturated carbocycles. The largest absolute Gasteiger partial charge is 0.477 e. The van der Waals surface area contributed by atoms with Gasteiger partial charge in [-0.2, -0.15) is 4.31 Å². The van der Waals surface area contributed by atoms with Crippen molar-refractivity contribution in [3.63, 3.8) is 0 Å². The van der Waals surface area contributed by atoms with Gasteiger partial charge in [-0.15, -0.1) is 11.3 Å². The standard InChI is InChI=1S/C13H12FNO4S2/c1-15(7-9-2-4-10(14)5-3-9)21(18,19)11-6-12(13(16)17)20-8-11/h2-6,8H,7H2,1H3,(H,16,17). The van der Waals surface area contributed by atoms with Crippen LogP contribution in [0.5, 0.6) is 0 Å². The van der Waals surface area contributed by atoms with E-state index in [1.54, 1.807) is 0 Å². The van der Waals surface area contributed by atoms with Gasteiger partial charge in [0.2, 0.25) is 10.0 Å². The van der Waals surface area contributed by atoms with E-state index in [4.69, 9.17) is 5.11 Å². The molecule has 2 aromatic rings. The second-order valence-corrected chi connectivity index (χ2v) is 7.30. The van der Waals surface area contributed by atoms with Crippen LogP contribution >= 0.6 is 11.3 Å². The number of hydrogen-bond acceptors (Lipinski definition) is 4. The predicted octanol–water partition coefficient (Wildman–Crippen LogP) is 2.41. The predicted molar refractivity (Wildman–Crippen MR) is 76.3 cm³/mol. The molecule has 1 N–H and O–H groups in total. The van der Waals surface area contributed by atoms with Crippen LogP contribution in [0.2, 0.25) is 0 Å². The van der Waals surface area contributed by atoms with Crippen LogP contribution in [0.1, 0.15) is 15.2 Å². The third kappa shape index (κ3) is 3.46. The van der Waals surface area contributed by atoms with Gasteiger partial charge in [0, 0.05) is 19.0 Å². The average Bonchev–Trinajstić information content (AvgIpc) is 2.91. The van der Waals surface area contributed by atoms with Crippen molar-refractivity contribution in [1.29, 1.82) is 0 Å². The van der Waals surface area contributed by atoms with Gasteiger partial charge in [-0.25, -0.2) is 17.6 Å². The van der Waals surface area contributed by atoms with Crippen molar-refractivity contribution in [2.45, 2.75) is 11.4 Å². The molecule has 0 aliphatic carbocycles. The number of hydrogen-bond donors (Lipinski definition) is 1. The number of carbonyl (C=O) groups is 1. The maximum absolute atomic E-state index is 12.8. The number of nitrogens with zero attached hydrogens (tertiary/aromatic N) is 1. The van der Waals surface area contributed by atoms with Gasteiger partial charge in [-0.05, 0) is 23.8 Å². The molecule has 0 saturated heterocycles. The summed E-state index contributed by atoms with van der Waals surface area (Å²) in [6, 6.07) is 6.63. The molecule has 0 atom stereocenters. The Morgan fingerprint density at radius 2 is 1.95 bits per heavy atom. The maximum Gasteiger partial charge on any atom is 0.345 e. The summed E-state index contributed by atoms with van der Waals surface area (Å²) in [5, 5.41) is 10.1. The van der Waals surface area contributed by atoms with Gasteiger partial charge >= 0.3 is 5.97 Å². The fraction of sp³-hybridized carbons (Fsp3) is 0.154. The lowest BCUT2D eigenvalue weighted by Gasteiger charge is -2.16. The van der Waals surface area contributed by atoms with Gasteiger partial charge in [0.1, 0.15) is 10.7 Å². The second kappa shape index (κ2) is 5.92. The highest BCUT2D eigenvalue weighted by molar-refractivity contribution is 7.89. The molecule has 0 fully saturated rings. The molecule has 0 bridgehead atoms. The Labute approximate surface area is 125 Å². The summed E-state index contributed by atoms with van der Waals surface area (Å²) >= 11 is 0.855. The number of rotatable bonds is 5. The van der Waals surface area contributed by atoms with Crippen molar-refractivity contribution in [1.82, 2.24) is 4.31 Å². The van der Waals surface area contributed by atoms with Crippen molar-refractivity contribution in [3.8, 4) is 0 Å². The summed E-state index contributed by atoms with van der Waals surface area (Å²) in [6.07, 6.45) is 0. The molecule has 21 heavy (non-hydrogen) atoms. The zero-order valence-corrected chi connectivity index (χ0v) is 12.6. The summed E-state index contributed by atoms with van der Waals surface area (Å²) in [5.41, 5.74) is 0.635. The Kier molecular flexibility index (Phi) is 4.40. The van der Waals surface area contributed by atoms with E-state index in [0.29, 0.717) is 5.56 Å². The lowest BCUT2D eigenvalue weighted by molar-refractivity contribution is 0.0702. The lowest BCUT2D eigenvalue weighted by atomic mass is 10.2. The lowest BCUT2D eigenvalue weighted by Crippen LogP contribution is -2.26. The highest BCUT2D eigenvalue weighted by Crippen LogP contribution is 2.23. The van der Waals surface area contributed by atoms with Crippen molar-refractivity contribution in [2.75, 3.05) is 7.05 Å². The molecule has 2 rings (SSSR count). The zero-order valence-electron chi connectivity index (χ0n) is 11.0. The van der Waals surface area contributed by atoms with Crippen LogP contribution in [-0.2, 0) is 16.6 Å². The van der Waals surface area contributed by atoms with Crippen molar-refractivity contribution < 1.29 is 22.7 Å². The number of sulfonamides is 1. The topological polar surface area (TPSA) is 74.7 Å². The normalized spacial score (nSPS) is 11.8. The number of benzene rings is 1. The minimum atomic E-state index is -3.77. The Bertz CT molecular complexity index is 753. The third-order valence-electron chi connectivity index (χ3n) is 2.81. The van der Waals surface area contributed by atoms with Gasteiger partial charge in [0.15, 0.2) is 0 Å². The molecule has 1 heterocycles. The summed E-state index contributed by atoms with van der Waals surface area (Å²) in [5.74, 6) is -1.56. The summed E-state index contributed by atoms with van der Waals surface area (Å²) in [4.78, 5) is 10.7. The van der Waals surface area contributed by atoms with Gasteiger partial charge < -0.3 is 5.11 Å². The Hall–Kier alpha value is -1.77. The molecule has 0 aliphatic heterocycles. The highest BCUT2D eigenvalue weighted by atomic mass is 32.2. The fourth-order valence-corrected chi connectivity index (χ4v) is 3.94. The number of carboxylic acid groups (broad SMARTS) is 1. The minimum absolute atomic E-state index is 0.0382. The first-order valence-corrected chi connectivity index (χ1v) is 8.15. The van der Waals surface area contributed by atoms with Crippen LogP contribution < -0.4 is 0 Å². The monoisotopic (exact) mass is 329 g/mol. The molecular formula is C13H12FNO4S2. The number of halogens is 1. The first kappa shape index (κ1) is 15.6. The molecule has 1 aromatic carbocycles. The highest BCUT2D eigenvalue weighted by Gasteiger charge is 2.23. The van der Waals surface area contributed by atoms with E-state index < -0.39 is 21.8 Å². The van der Waals surface area contributed by atoms with E-state index in [1.807, 2.05) is 0 Å². The number of carboxylic acids is 1. The van der Waals surface area contributed by atoms with Crippen LogP contribution in [0.15, 0.2) is 40.6 Å². The molecule has 0 spiro atoms. The van der Waals surface area contributed by atoms with Gasteiger partial charge in [0.05, 0.1) is 4.90 Å². The van der Waals surface area contributed by atoms with Crippen molar-refractivity contribution in [2.24, 2.45) is 0 Å². The smallest absolute Gasteiger partial charge is 0.345 e. The summed E-state index contributed by atoms with van der Waals surface area (Å²) in [6.45, 7) is 0.0703. The quantitative estimate of drug-likeness (QED) is 0.914. The van der Waals surface area contributed by atoms with Gasteiger partial charge in [-0.1, -0.05) is 12.1 Å². The molecule has 112 valence electrons. The fourth-order valence-electron chi connectivity index (χ4n) is 1.68. The first-order chi connectivity index (χ1) is 9.80. The third-order valence-corrected chi connectivity index (χ3v) is 5.66. The number of thiophene rings is 1. The molecule has 0 aliphatic rings. The average molecular weight is 329 g/mol. The van der Waals surface area contributed by atoms with Crippen molar-refractivity contribution >= 4 is 27.3 Å². The van der Waals surface area contributed by atoms with Gasteiger partial charge in [-0.3, -0.25) is 0 Å². The molecule has 0 amide bonds. The number of aromatic carboxylic acids is 1. The summed E-state index contributed by atoms with van der Waals surface area (Å²) in [7, 11) is -2.39. The van der Waals surface area contributed by atoms with E-state index in [-0.39, 0.29) is 16.3 Å². The van der Waals surface area contributed by atoms with E-state index >= 15 is 0 Å². The molecule has 0 unspecified atom stereocenters. The SMILES string of the molecule is CN(Cc1ccc(F)cc1)S(=O)(=O)c1csc(C(=O)O)c1. The van der Waals surface area contributed by atoms with E-state index in [1.165, 1.54) is 36.7 Å². The molecule has 1 aromatic heterocycles. The van der Waals surface area contributed by atoms with Crippen LogP contribution in [0.3, 0.4) is 0 Å². The van der Waals surface area contributed by atoms with Crippen LogP contribution in [-0.4, -0.2) is 30.8 Å². The second-order valence-electron chi connectivity index (χ2n) is 4.34. The van der Waals surface area contributed by atoms with Gasteiger partial charge in [0.25, 0.3) is 0 Å². The summed E-state index contributed by atoms with van der Waals surface area (Å²) < 4.78 is 38.5. The van der Waals surface area contributed by atoms with Crippen LogP contribution in [0, 0.1) is 5.82 Å². The van der Waals surface area contributed by atoms with E-state index in [2.05, 4.69) is 0 Å². The molecular weight excluding hydrogens is 317 g/mol. The Balaban J connectivity index is 2.21. The van der Waals surface area contributed by atoms with Crippen LogP contribution in [0.25, 0.3) is 0 Å². The Morgan fingerprint density at radius 1 is 1.33 bits per heavy atom. The minimum Gasteiger partial charge on any atom is -0.477 e. The Morgan fingerprint density at radius 3 is 2.48 bits per heavy atom. The molecule has 5 nitrogen and oxygen atoms in total. The zero-order chi connectivity index (χ0) is 15.6. The maximum atomic E-state index is 12.8. The van der Waals surface area contributed by atoms with Crippen LogP contribution in [0.4, 0.5) is 4.39 Å². The molecule has 0 radical (unpaired) electrons. The van der Waals surface area contributed by atoms with E-state index in [0.717, 1.165) is 21.7 Å². The van der Waals surface area contributed by atoms with E-state index in [9.17, 15) is 17.6 Å². The first-order valence-electron chi connectivity index (χ1n) is 5.83. The van der Waals surface area contributed by atoms with Crippen molar-refractivity contribution in [3.05, 3.63) is 52.0 Å².